The van der Waals surface area contributed by atoms with Crippen LogP contribution in [-0.2, 0) is 4.79 Å². The molecule has 1 saturated carbocycles. The second-order valence-corrected chi connectivity index (χ2v) is 4.90. The van der Waals surface area contributed by atoms with Gasteiger partial charge in [-0.2, -0.15) is 5.26 Å². The molecule has 0 N–H and O–H groups in total. The highest BCUT2D eigenvalue weighted by Gasteiger charge is 2.37. The maximum atomic E-state index is 11.7. The lowest BCUT2D eigenvalue weighted by Gasteiger charge is -2.32. The second-order valence-electron chi connectivity index (χ2n) is 4.90. The minimum Gasteiger partial charge on any atom is -0.300 e. The zero-order valence-electron chi connectivity index (χ0n) is 9.44. The van der Waals surface area contributed by atoms with E-state index in [2.05, 4.69) is 6.07 Å². The number of hydrogen-bond donors (Lipinski definition) is 0. The van der Waals surface area contributed by atoms with Crippen LogP contribution >= 0.6 is 0 Å². The SMILES string of the molecule is C[C@]1(C#N)CC(=O)C[C@H](c2ccccc2)C1. The number of benzene rings is 1. The van der Waals surface area contributed by atoms with Crippen LogP contribution in [0.15, 0.2) is 30.3 Å². The highest BCUT2D eigenvalue weighted by molar-refractivity contribution is 5.81. The first-order valence-corrected chi connectivity index (χ1v) is 5.61. The van der Waals surface area contributed by atoms with Crippen LogP contribution in [0.2, 0.25) is 0 Å². The van der Waals surface area contributed by atoms with E-state index < -0.39 is 5.41 Å². The first kappa shape index (κ1) is 10.9. The number of Topliss-reactive ketones (excluding diaryl/α,β-unsaturated/α-hetero) is 1. The Morgan fingerprint density at radius 1 is 1.38 bits per heavy atom. The Labute approximate surface area is 95.9 Å². The molecule has 0 radical (unpaired) electrons. The fourth-order valence-corrected chi connectivity index (χ4v) is 2.52. The van der Waals surface area contributed by atoms with Crippen molar-refractivity contribution in [2.45, 2.75) is 32.1 Å². The molecule has 0 saturated heterocycles. The summed E-state index contributed by atoms with van der Waals surface area (Å²) in [6.07, 6.45) is 1.79. The average molecular weight is 213 g/mol. The summed E-state index contributed by atoms with van der Waals surface area (Å²) < 4.78 is 0. The van der Waals surface area contributed by atoms with Crippen molar-refractivity contribution < 1.29 is 4.79 Å². The van der Waals surface area contributed by atoms with Gasteiger partial charge in [0.25, 0.3) is 0 Å². The lowest BCUT2D eigenvalue weighted by atomic mass is 9.69. The lowest BCUT2D eigenvalue weighted by Crippen LogP contribution is -2.29. The van der Waals surface area contributed by atoms with Crippen molar-refractivity contribution in [3.63, 3.8) is 0 Å². The van der Waals surface area contributed by atoms with Crippen molar-refractivity contribution in [2.75, 3.05) is 0 Å². The van der Waals surface area contributed by atoms with E-state index >= 15 is 0 Å². The van der Waals surface area contributed by atoms with Gasteiger partial charge in [-0.1, -0.05) is 30.3 Å². The standard InChI is InChI=1S/C14H15NO/c1-14(10-15)8-12(7-13(16)9-14)11-5-3-2-4-6-11/h2-6,12H,7-9H2,1H3/t12-,14+/m0/s1. The van der Waals surface area contributed by atoms with Crippen LogP contribution in [-0.4, -0.2) is 5.78 Å². The average Bonchev–Trinajstić information content (AvgIpc) is 2.29. The number of nitrogens with zero attached hydrogens (tertiary/aromatic N) is 1. The highest BCUT2D eigenvalue weighted by Crippen LogP contribution is 2.41. The fraction of sp³-hybridized carbons (Fsp3) is 0.429. The van der Waals surface area contributed by atoms with Gasteiger partial charge in [0.15, 0.2) is 0 Å². The van der Waals surface area contributed by atoms with Crippen LogP contribution in [0.1, 0.15) is 37.7 Å². The summed E-state index contributed by atoms with van der Waals surface area (Å²) in [5, 5.41) is 9.13. The molecule has 1 fully saturated rings. The normalized spacial score (nSPS) is 29.8. The van der Waals surface area contributed by atoms with Gasteiger partial charge >= 0.3 is 0 Å². The van der Waals surface area contributed by atoms with E-state index in [1.54, 1.807) is 0 Å². The molecule has 16 heavy (non-hydrogen) atoms. The Morgan fingerprint density at radius 2 is 2.06 bits per heavy atom. The van der Waals surface area contributed by atoms with Gasteiger partial charge in [-0.05, 0) is 24.8 Å². The maximum absolute atomic E-state index is 11.7. The van der Waals surface area contributed by atoms with E-state index in [1.807, 2.05) is 37.3 Å². The molecule has 1 aromatic carbocycles. The smallest absolute Gasteiger partial charge is 0.135 e. The number of ketones is 1. The number of carbonyl (C=O) groups is 1. The van der Waals surface area contributed by atoms with Crippen molar-refractivity contribution in [1.29, 1.82) is 5.26 Å². The molecular weight excluding hydrogens is 198 g/mol. The van der Waals surface area contributed by atoms with Gasteiger partial charge in [0.1, 0.15) is 5.78 Å². The predicted molar refractivity (Wildman–Crippen MR) is 61.8 cm³/mol. The van der Waals surface area contributed by atoms with Crippen LogP contribution in [0.3, 0.4) is 0 Å². The first-order chi connectivity index (χ1) is 7.63. The van der Waals surface area contributed by atoms with Crippen molar-refractivity contribution in [3.05, 3.63) is 35.9 Å². The summed E-state index contributed by atoms with van der Waals surface area (Å²) in [7, 11) is 0. The van der Waals surface area contributed by atoms with Gasteiger partial charge in [-0.25, -0.2) is 0 Å². The van der Waals surface area contributed by atoms with Crippen molar-refractivity contribution in [1.82, 2.24) is 0 Å². The van der Waals surface area contributed by atoms with Gasteiger partial charge in [-0.15, -0.1) is 0 Å². The summed E-state index contributed by atoms with van der Waals surface area (Å²) in [6, 6.07) is 12.3. The highest BCUT2D eigenvalue weighted by atomic mass is 16.1. The third kappa shape index (κ3) is 2.14. The molecule has 0 aromatic heterocycles. The zero-order chi connectivity index (χ0) is 11.6. The summed E-state index contributed by atoms with van der Waals surface area (Å²) >= 11 is 0. The van der Waals surface area contributed by atoms with Gasteiger partial charge in [0, 0.05) is 12.8 Å². The van der Waals surface area contributed by atoms with Crippen LogP contribution in [0.4, 0.5) is 0 Å². The number of hydrogen-bond acceptors (Lipinski definition) is 2. The molecule has 0 amide bonds. The maximum Gasteiger partial charge on any atom is 0.135 e. The van der Waals surface area contributed by atoms with Crippen LogP contribution in [0.25, 0.3) is 0 Å². The van der Waals surface area contributed by atoms with Crippen molar-refractivity contribution >= 4 is 5.78 Å². The Kier molecular flexibility index (Phi) is 2.78. The quantitative estimate of drug-likeness (QED) is 0.719. The topological polar surface area (TPSA) is 40.9 Å². The van der Waals surface area contributed by atoms with Crippen LogP contribution in [0, 0.1) is 16.7 Å². The van der Waals surface area contributed by atoms with Gasteiger partial charge in [-0.3, -0.25) is 4.79 Å². The first-order valence-electron chi connectivity index (χ1n) is 5.61. The van der Waals surface area contributed by atoms with Crippen LogP contribution < -0.4 is 0 Å². The van der Waals surface area contributed by atoms with E-state index in [1.165, 1.54) is 5.56 Å². The van der Waals surface area contributed by atoms with E-state index in [0.29, 0.717) is 12.8 Å². The molecule has 0 unspecified atom stereocenters. The summed E-state index contributed by atoms with van der Waals surface area (Å²) in [6.45, 7) is 1.89. The minimum atomic E-state index is -0.476. The molecule has 0 bridgehead atoms. The third-order valence-corrected chi connectivity index (χ3v) is 3.30. The van der Waals surface area contributed by atoms with E-state index in [0.717, 1.165) is 6.42 Å². The molecular formula is C14H15NO. The molecule has 2 nitrogen and oxygen atoms in total. The third-order valence-electron chi connectivity index (χ3n) is 3.30. The molecule has 0 aliphatic heterocycles. The monoisotopic (exact) mass is 213 g/mol. The van der Waals surface area contributed by atoms with Gasteiger partial charge in [0.05, 0.1) is 11.5 Å². The molecule has 2 atom stereocenters. The molecule has 0 spiro atoms. The number of rotatable bonds is 1. The predicted octanol–water partition coefficient (Wildman–Crippen LogP) is 3.05. The van der Waals surface area contributed by atoms with Crippen molar-refractivity contribution in [2.24, 2.45) is 5.41 Å². The van der Waals surface area contributed by atoms with Gasteiger partial charge < -0.3 is 0 Å². The zero-order valence-corrected chi connectivity index (χ0v) is 9.44. The Bertz CT molecular complexity index is 432. The second kappa shape index (κ2) is 4.09. The van der Waals surface area contributed by atoms with E-state index in [4.69, 9.17) is 5.26 Å². The molecule has 2 rings (SSSR count). The number of nitriles is 1. The molecule has 82 valence electrons. The summed E-state index contributed by atoms with van der Waals surface area (Å²) in [5.74, 6) is 0.427. The summed E-state index contributed by atoms with van der Waals surface area (Å²) in [5.41, 5.74) is 0.701. The van der Waals surface area contributed by atoms with E-state index in [-0.39, 0.29) is 11.7 Å². The number of carbonyl (C=O) groups excluding carboxylic acids is 1. The van der Waals surface area contributed by atoms with Gasteiger partial charge in [0.2, 0.25) is 0 Å². The molecule has 1 aliphatic carbocycles. The molecule has 1 aromatic rings. The fourth-order valence-electron chi connectivity index (χ4n) is 2.52. The lowest BCUT2D eigenvalue weighted by molar-refractivity contribution is -0.122. The van der Waals surface area contributed by atoms with E-state index in [9.17, 15) is 4.79 Å². The molecule has 0 heterocycles. The van der Waals surface area contributed by atoms with Crippen molar-refractivity contribution in [3.8, 4) is 6.07 Å². The van der Waals surface area contributed by atoms with Crippen LogP contribution in [0.5, 0.6) is 0 Å². The Hall–Kier alpha value is -1.62. The molecule has 2 heteroatoms. The minimum absolute atomic E-state index is 0.212. The largest absolute Gasteiger partial charge is 0.300 e. The Morgan fingerprint density at radius 3 is 2.69 bits per heavy atom. The summed E-state index contributed by atoms with van der Waals surface area (Å²) in [4.78, 5) is 11.7. The Balaban J connectivity index is 2.25. The molecule has 1 aliphatic rings.